The quantitative estimate of drug-likeness (QED) is 0.814. The standard InChI is InChI=1S/C13H17N3O3S/c1-16-6-5-13(15-16)8-14-20(18,19)10-12-4-2-3-11(7-12)9-17/h2-7,14,17H,8-10H2,1H3. The molecule has 2 N–H and O–H groups in total. The SMILES string of the molecule is Cn1ccc(CNS(=O)(=O)Cc2cccc(CO)c2)n1. The molecule has 1 aromatic carbocycles. The summed E-state index contributed by atoms with van der Waals surface area (Å²) in [4.78, 5) is 0. The predicted molar refractivity (Wildman–Crippen MR) is 75.0 cm³/mol. The molecule has 0 radical (unpaired) electrons. The van der Waals surface area contributed by atoms with Crippen molar-refractivity contribution in [3.05, 3.63) is 53.3 Å². The van der Waals surface area contributed by atoms with Gasteiger partial charge in [0.1, 0.15) is 0 Å². The Kier molecular flexibility index (Phi) is 4.53. The third-order valence-electron chi connectivity index (χ3n) is 2.77. The molecule has 0 aliphatic heterocycles. The Hall–Kier alpha value is -1.70. The first-order valence-corrected chi connectivity index (χ1v) is 7.78. The minimum absolute atomic E-state index is 0.102. The van der Waals surface area contributed by atoms with Crippen LogP contribution in [-0.2, 0) is 36.0 Å². The summed E-state index contributed by atoms with van der Waals surface area (Å²) in [7, 11) is -1.65. The maximum atomic E-state index is 12.0. The maximum Gasteiger partial charge on any atom is 0.216 e. The zero-order chi connectivity index (χ0) is 14.6. The molecule has 0 unspecified atom stereocenters. The Morgan fingerprint density at radius 2 is 2.05 bits per heavy atom. The van der Waals surface area contributed by atoms with Crippen LogP contribution in [0.15, 0.2) is 36.5 Å². The number of hydrogen-bond donors (Lipinski definition) is 2. The lowest BCUT2D eigenvalue weighted by Gasteiger charge is -2.06. The van der Waals surface area contributed by atoms with E-state index in [1.165, 1.54) is 0 Å². The number of hydrogen-bond acceptors (Lipinski definition) is 4. The molecule has 1 heterocycles. The third-order valence-corrected chi connectivity index (χ3v) is 4.07. The fourth-order valence-electron chi connectivity index (χ4n) is 1.83. The van der Waals surface area contributed by atoms with E-state index in [9.17, 15) is 8.42 Å². The summed E-state index contributed by atoms with van der Waals surface area (Å²) >= 11 is 0. The van der Waals surface area contributed by atoms with Crippen LogP contribution < -0.4 is 4.72 Å². The van der Waals surface area contributed by atoms with Gasteiger partial charge in [0.25, 0.3) is 0 Å². The number of aryl methyl sites for hydroxylation is 1. The van der Waals surface area contributed by atoms with Crippen LogP contribution in [0.25, 0.3) is 0 Å². The van der Waals surface area contributed by atoms with Crippen molar-refractivity contribution in [3.63, 3.8) is 0 Å². The molecule has 0 aliphatic carbocycles. The highest BCUT2D eigenvalue weighted by atomic mass is 32.2. The van der Waals surface area contributed by atoms with Gasteiger partial charge < -0.3 is 5.11 Å². The van der Waals surface area contributed by atoms with Gasteiger partial charge in [-0.2, -0.15) is 5.10 Å². The van der Waals surface area contributed by atoms with E-state index in [0.717, 1.165) is 0 Å². The second-order valence-electron chi connectivity index (χ2n) is 4.54. The van der Waals surface area contributed by atoms with Crippen molar-refractivity contribution >= 4 is 10.0 Å². The Balaban J connectivity index is 1.99. The van der Waals surface area contributed by atoms with Crippen LogP contribution in [0.3, 0.4) is 0 Å². The zero-order valence-corrected chi connectivity index (χ0v) is 12.0. The van der Waals surface area contributed by atoms with E-state index in [1.54, 1.807) is 48.3 Å². The summed E-state index contributed by atoms with van der Waals surface area (Å²) in [6.45, 7) is 0.0676. The number of benzene rings is 1. The van der Waals surface area contributed by atoms with Gasteiger partial charge in [-0.3, -0.25) is 4.68 Å². The molecule has 108 valence electrons. The number of nitrogens with one attached hydrogen (secondary N) is 1. The topological polar surface area (TPSA) is 84.2 Å². The predicted octanol–water partition coefficient (Wildman–Crippen LogP) is 0.532. The average molecular weight is 295 g/mol. The van der Waals surface area contributed by atoms with E-state index in [2.05, 4.69) is 9.82 Å². The summed E-state index contributed by atoms with van der Waals surface area (Å²) in [5.41, 5.74) is 2.01. The van der Waals surface area contributed by atoms with Gasteiger partial charge in [0, 0.05) is 13.2 Å². The molecule has 0 saturated carbocycles. The molecule has 6 nitrogen and oxygen atoms in total. The van der Waals surface area contributed by atoms with Crippen LogP contribution in [0, 0.1) is 0 Å². The van der Waals surface area contributed by atoms with Gasteiger partial charge in [-0.05, 0) is 17.2 Å². The van der Waals surface area contributed by atoms with Gasteiger partial charge in [0.2, 0.25) is 10.0 Å². The molecular weight excluding hydrogens is 278 g/mol. The molecule has 0 atom stereocenters. The molecule has 0 spiro atoms. The molecule has 7 heteroatoms. The monoisotopic (exact) mass is 295 g/mol. The zero-order valence-electron chi connectivity index (χ0n) is 11.2. The average Bonchev–Trinajstić information content (AvgIpc) is 2.82. The van der Waals surface area contributed by atoms with Crippen molar-refractivity contribution in [1.82, 2.24) is 14.5 Å². The van der Waals surface area contributed by atoms with E-state index in [0.29, 0.717) is 16.8 Å². The first-order chi connectivity index (χ1) is 9.48. The molecule has 0 aliphatic rings. The van der Waals surface area contributed by atoms with Gasteiger partial charge >= 0.3 is 0 Å². The smallest absolute Gasteiger partial charge is 0.216 e. The molecule has 0 amide bonds. The highest BCUT2D eigenvalue weighted by Crippen LogP contribution is 2.09. The normalized spacial score (nSPS) is 11.7. The Morgan fingerprint density at radius 3 is 2.70 bits per heavy atom. The second-order valence-corrected chi connectivity index (χ2v) is 6.35. The fraction of sp³-hybridized carbons (Fsp3) is 0.308. The van der Waals surface area contributed by atoms with Crippen LogP contribution in [0.1, 0.15) is 16.8 Å². The molecule has 2 aromatic rings. The highest BCUT2D eigenvalue weighted by molar-refractivity contribution is 7.88. The van der Waals surface area contributed by atoms with Gasteiger partial charge in [-0.25, -0.2) is 13.1 Å². The van der Waals surface area contributed by atoms with Gasteiger partial charge in [-0.15, -0.1) is 0 Å². The van der Waals surface area contributed by atoms with Crippen molar-refractivity contribution < 1.29 is 13.5 Å². The maximum absolute atomic E-state index is 12.0. The van der Waals surface area contributed by atoms with E-state index in [1.807, 2.05) is 0 Å². The third kappa shape index (κ3) is 4.16. The van der Waals surface area contributed by atoms with Crippen molar-refractivity contribution in [2.75, 3.05) is 0 Å². The Bertz CT molecular complexity index is 680. The van der Waals surface area contributed by atoms with Crippen LogP contribution in [0.2, 0.25) is 0 Å². The number of aliphatic hydroxyl groups excluding tert-OH is 1. The summed E-state index contributed by atoms with van der Waals surface area (Å²) in [5.74, 6) is -0.117. The summed E-state index contributed by atoms with van der Waals surface area (Å²) < 4.78 is 28.1. The van der Waals surface area contributed by atoms with Crippen LogP contribution >= 0.6 is 0 Å². The summed E-state index contributed by atoms with van der Waals surface area (Å²) in [5, 5.41) is 13.1. The van der Waals surface area contributed by atoms with Gasteiger partial charge in [0.05, 0.1) is 24.6 Å². The number of sulfonamides is 1. The largest absolute Gasteiger partial charge is 0.392 e. The second kappa shape index (κ2) is 6.17. The Labute approximate surface area is 118 Å². The van der Waals surface area contributed by atoms with E-state index >= 15 is 0 Å². The molecule has 1 aromatic heterocycles. The molecule has 0 bridgehead atoms. The number of rotatable bonds is 6. The molecule has 0 fully saturated rings. The molecule has 2 rings (SSSR count). The van der Waals surface area contributed by atoms with Crippen LogP contribution in [0.5, 0.6) is 0 Å². The minimum atomic E-state index is -3.43. The van der Waals surface area contributed by atoms with Crippen molar-refractivity contribution in [3.8, 4) is 0 Å². The van der Waals surface area contributed by atoms with Crippen molar-refractivity contribution in [1.29, 1.82) is 0 Å². The summed E-state index contributed by atoms with van der Waals surface area (Å²) in [6.07, 6.45) is 1.76. The molecule has 20 heavy (non-hydrogen) atoms. The van der Waals surface area contributed by atoms with Gasteiger partial charge in [-0.1, -0.05) is 24.3 Å². The van der Waals surface area contributed by atoms with Gasteiger partial charge in [0.15, 0.2) is 0 Å². The Morgan fingerprint density at radius 1 is 1.30 bits per heavy atom. The van der Waals surface area contributed by atoms with E-state index in [-0.39, 0.29) is 18.9 Å². The molecular formula is C13H17N3O3S. The minimum Gasteiger partial charge on any atom is -0.392 e. The summed E-state index contributed by atoms with van der Waals surface area (Å²) in [6, 6.07) is 8.64. The lowest BCUT2D eigenvalue weighted by atomic mass is 10.1. The first-order valence-electron chi connectivity index (χ1n) is 6.13. The number of nitrogens with zero attached hydrogens (tertiary/aromatic N) is 2. The fourth-order valence-corrected chi connectivity index (χ4v) is 2.92. The van der Waals surface area contributed by atoms with Crippen LogP contribution in [-0.4, -0.2) is 23.3 Å². The first kappa shape index (κ1) is 14.7. The van der Waals surface area contributed by atoms with E-state index < -0.39 is 10.0 Å². The van der Waals surface area contributed by atoms with Crippen LogP contribution in [0.4, 0.5) is 0 Å². The molecule has 0 saturated heterocycles. The highest BCUT2D eigenvalue weighted by Gasteiger charge is 2.12. The van der Waals surface area contributed by atoms with Crippen molar-refractivity contribution in [2.45, 2.75) is 18.9 Å². The van der Waals surface area contributed by atoms with E-state index in [4.69, 9.17) is 5.11 Å². The van der Waals surface area contributed by atoms with Crippen molar-refractivity contribution in [2.24, 2.45) is 7.05 Å². The lowest BCUT2D eigenvalue weighted by molar-refractivity contribution is 0.282. The number of aromatic nitrogens is 2. The number of aliphatic hydroxyl groups is 1. The lowest BCUT2D eigenvalue weighted by Crippen LogP contribution is -2.25.